The molecule has 0 bridgehead atoms. The van der Waals surface area contributed by atoms with Crippen molar-refractivity contribution in [1.82, 2.24) is 0 Å². The number of fused-ring (bicyclic) bond motifs is 3. The topological polar surface area (TPSA) is 15.3 Å². The summed E-state index contributed by atoms with van der Waals surface area (Å²) in [4.78, 5) is 2.55. The van der Waals surface area contributed by atoms with E-state index < -0.39 is 0 Å². The summed E-state index contributed by atoms with van der Waals surface area (Å²) < 4.78 is 0. The third kappa shape index (κ3) is 1.47. The second-order valence-corrected chi connectivity index (χ2v) is 5.20. The van der Waals surface area contributed by atoms with Crippen LogP contribution in [0.25, 0.3) is 0 Å². The minimum Gasteiger partial charge on any atom is -0.381 e. The minimum atomic E-state index is 0.665. The van der Waals surface area contributed by atoms with Crippen LogP contribution in [0.3, 0.4) is 0 Å². The van der Waals surface area contributed by atoms with Crippen LogP contribution in [-0.2, 0) is 0 Å². The maximum absolute atomic E-state index is 6.22. The van der Waals surface area contributed by atoms with Crippen molar-refractivity contribution in [3.05, 3.63) is 22.7 Å². The van der Waals surface area contributed by atoms with Gasteiger partial charge >= 0.3 is 0 Å². The van der Waals surface area contributed by atoms with Gasteiger partial charge in [0, 0.05) is 24.2 Å². The second-order valence-electron chi connectivity index (χ2n) is 4.79. The molecule has 2 aliphatic rings. The van der Waals surface area contributed by atoms with E-state index in [1.54, 1.807) is 0 Å². The fourth-order valence-corrected chi connectivity index (χ4v) is 3.08. The molecule has 1 unspecified atom stereocenters. The van der Waals surface area contributed by atoms with Gasteiger partial charge in [0.25, 0.3) is 0 Å². The highest BCUT2D eigenvalue weighted by atomic mass is 35.5. The molecule has 1 saturated heterocycles. The molecule has 1 fully saturated rings. The van der Waals surface area contributed by atoms with Crippen LogP contribution in [0.1, 0.15) is 24.8 Å². The van der Waals surface area contributed by atoms with E-state index in [-0.39, 0.29) is 0 Å². The van der Waals surface area contributed by atoms with Crippen LogP contribution >= 0.6 is 11.6 Å². The van der Waals surface area contributed by atoms with E-state index in [2.05, 4.69) is 23.2 Å². The molecule has 2 aliphatic heterocycles. The largest absolute Gasteiger partial charge is 0.381 e. The highest BCUT2D eigenvalue weighted by Gasteiger charge is 2.29. The zero-order valence-electron chi connectivity index (χ0n) is 9.59. The number of nitrogens with one attached hydrogen (secondary N) is 1. The molecular weight excluding hydrogens is 220 g/mol. The normalized spacial score (nSPS) is 23.4. The third-order valence-corrected chi connectivity index (χ3v) is 4.22. The Labute approximate surface area is 102 Å². The van der Waals surface area contributed by atoms with Crippen molar-refractivity contribution in [3.63, 3.8) is 0 Å². The first-order chi connectivity index (χ1) is 7.77. The zero-order valence-corrected chi connectivity index (χ0v) is 10.3. The highest BCUT2D eigenvalue weighted by Crippen LogP contribution is 2.40. The Morgan fingerprint density at radius 1 is 1.38 bits per heavy atom. The summed E-state index contributed by atoms with van der Waals surface area (Å²) in [5.74, 6) is 0. The van der Waals surface area contributed by atoms with Gasteiger partial charge in [-0.15, -0.1) is 0 Å². The number of hydrogen-bond donors (Lipinski definition) is 1. The van der Waals surface area contributed by atoms with Crippen molar-refractivity contribution in [3.8, 4) is 0 Å². The first-order valence-electron chi connectivity index (χ1n) is 6.07. The van der Waals surface area contributed by atoms with Crippen molar-refractivity contribution in [2.45, 2.75) is 32.2 Å². The molecule has 3 heteroatoms. The average Bonchev–Trinajstić information content (AvgIpc) is 2.33. The maximum Gasteiger partial charge on any atom is 0.0649 e. The van der Waals surface area contributed by atoms with Crippen LogP contribution in [0.15, 0.2) is 12.1 Å². The second kappa shape index (κ2) is 3.85. The molecule has 0 spiro atoms. The minimum absolute atomic E-state index is 0.665. The number of benzene rings is 1. The summed E-state index contributed by atoms with van der Waals surface area (Å²) in [5.41, 5.74) is 3.81. The quantitative estimate of drug-likeness (QED) is 0.743. The van der Waals surface area contributed by atoms with E-state index in [9.17, 15) is 0 Å². The Morgan fingerprint density at radius 3 is 3.12 bits per heavy atom. The first-order valence-corrected chi connectivity index (χ1v) is 6.45. The molecule has 1 N–H and O–H groups in total. The number of rotatable bonds is 0. The Balaban J connectivity index is 2.09. The third-order valence-electron chi connectivity index (χ3n) is 3.81. The standard InChI is InChI=1S/C13H17ClN2/c1-9-11(14)5-6-12-13(9)16-7-3-2-4-10(16)8-15-12/h5-6,10,15H,2-4,7-8H2,1H3. The van der Waals surface area contributed by atoms with Crippen molar-refractivity contribution in [2.75, 3.05) is 23.3 Å². The summed E-state index contributed by atoms with van der Waals surface area (Å²) in [5, 5.41) is 4.41. The fourth-order valence-electron chi connectivity index (χ4n) is 2.92. The lowest BCUT2D eigenvalue weighted by atomic mass is 9.96. The van der Waals surface area contributed by atoms with Crippen LogP contribution in [0.5, 0.6) is 0 Å². The van der Waals surface area contributed by atoms with Gasteiger partial charge in [-0.25, -0.2) is 0 Å². The molecule has 1 aromatic rings. The van der Waals surface area contributed by atoms with E-state index in [1.165, 1.54) is 42.7 Å². The molecule has 2 heterocycles. The van der Waals surface area contributed by atoms with Gasteiger partial charge in [0.15, 0.2) is 0 Å². The molecule has 1 aromatic carbocycles. The van der Waals surface area contributed by atoms with E-state index in [0.717, 1.165) is 11.6 Å². The monoisotopic (exact) mass is 236 g/mol. The number of piperidine rings is 1. The Bertz CT molecular complexity index is 417. The molecule has 3 rings (SSSR count). The molecule has 0 saturated carbocycles. The van der Waals surface area contributed by atoms with Crippen molar-refractivity contribution in [2.24, 2.45) is 0 Å². The molecule has 86 valence electrons. The molecule has 0 radical (unpaired) electrons. The predicted octanol–water partition coefficient (Wildman–Crippen LogP) is 3.43. The zero-order chi connectivity index (χ0) is 11.1. The number of anilines is 2. The van der Waals surface area contributed by atoms with Gasteiger partial charge in [-0.3, -0.25) is 0 Å². The van der Waals surface area contributed by atoms with E-state index >= 15 is 0 Å². The van der Waals surface area contributed by atoms with E-state index in [1.807, 2.05) is 6.07 Å². The van der Waals surface area contributed by atoms with E-state index in [0.29, 0.717) is 6.04 Å². The van der Waals surface area contributed by atoms with Crippen LogP contribution in [0.4, 0.5) is 11.4 Å². The molecule has 0 amide bonds. The van der Waals surface area contributed by atoms with Crippen molar-refractivity contribution >= 4 is 23.0 Å². The maximum atomic E-state index is 6.22. The van der Waals surface area contributed by atoms with Crippen LogP contribution < -0.4 is 10.2 Å². The molecule has 0 aromatic heterocycles. The van der Waals surface area contributed by atoms with Gasteiger partial charge in [-0.2, -0.15) is 0 Å². The lowest BCUT2D eigenvalue weighted by Crippen LogP contribution is -2.47. The smallest absolute Gasteiger partial charge is 0.0649 e. The van der Waals surface area contributed by atoms with Crippen LogP contribution in [-0.4, -0.2) is 19.1 Å². The summed E-state index contributed by atoms with van der Waals surface area (Å²) in [6.07, 6.45) is 3.97. The molecular formula is C13H17ClN2. The van der Waals surface area contributed by atoms with Crippen molar-refractivity contribution < 1.29 is 0 Å². The molecule has 1 atom stereocenters. The Morgan fingerprint density at radius 2 is 2.25 bits per heavy atom. The van der Waals surface area contributed by atoms with E-state index in [4.69, 9.17) is 11.6 Å². The Kier molecular flexibility index (Phi) is 2.47. The van der Waals surface area contributed by atoms with Crippen LogP contribution in [0, 0.1) is 6.92 Å². The van der Waals surface area contributed by atoms with Gasteiger partial charge in [0.2, 0.25) is 0 Å². The van der Waals surface area contributed by atoms with Gasteiger partial charge in [-0.1, -0.05) is 11.6 Å². The summed E-state index contributed by atoms with van der Waals surface area (Å²) in [6.45, 7) is 4.38. The summed E-state index contributed by atoms with van der Waals surface area (Å²) in [6, 6.07) is 4.76. The molecule has 2 nitrogen and oxygen atoms in total. The van der Waals surface area contributed by atoms with Gasteiger partial charge in [0.05, 0.1) is 11.4 Å². The lowest BCUT2D eigenvalue weighted by molar-refractivity contribution is 0.465. The highest BCUT2D eigenvalue weighted by molar-refractivity contribution is 6.32. The summed E-state index contributed by atoms with van der Waals surface area (Å²) in [7, 11) is 0. The first kappa shape index (κ1) is 10.3. The number of nitrogens with zero attached hydrogens (tertiary/aromatic N) is 1. The van der Waals surface area contributed by atoms with Gasteiger partial charge in [-0.05, 0) is 43.9 Å². The Hall–Kier alpha value is -0.890. The SMILES string of the molecule is Cc1c(Cl)ccc2c1N1CCCCC1CN2. The number of hydrogen-bond acceptors (Lipinski definition) is 2. The lowest BCUT2D eigenvalue weighted by Gasteiger charge is -2.43. The van der Waals surface area contributed by atoms with Crippen LogP contribution in [0.2, 0.25) is 5.02 Å². The average molecular weight is 237 g/mol. The van der Waals surface area contributed by atoms with Gasteiger partial charge < -0.3 is 10.2 Å². The molecule has 0 aliphatic carbocycles. The fraction of sp³-hybridized carbons (Fsp3) is 0.538. The predicted molar refractivity (Wildman–Crippen MR) is 69.7 cm³/mol. The summed E-state index contributed by atoms with van der Waals surface area (Å²) >= 11 is 6.22. The van der Waals surface area contributed by atoms with Gasteiger partial charge in [0.1, 0.15) is 0 Å². The number of halogens is 1. The molecule has 16 heavy (non-hydrogen) atoms. The van der Waals surface area contributed by atoms with Crippen molar-refractivity contribution in [1.29, 1.82) is 0 Å².